The third-order valence-corrected chi connectivity index (χ3v) is 3.50. The summed E-state index contributed by atoms with van der Waals surface area (Å²) in [6.07, 6.45) is 0.224. The fourth-order valence-corrected chi connectivity index (χ4v) is 2.30. The lowest BCUT2D eigenvalue weighted by Crippen LogP contribution is -2.24. The molecule has 166 valence electrons. The Morgan fingerprint density at radius 3 is 1.76 bits per heavy atom. The molecule has 0 amide bonds. The minimum atomic E-state index is -0.475. The lowest BCUT2D eigenvalue weighted by molar-refractivity contribution is -0.156. The molecular formula is C21H34O8. The Bertz CT molecular complexity index is 560. The number of carbonyl (C=O) groups is 1. The maximum absolute atomic E-state index is 11.5. The van der Waals surface area contributed by atoms with Gasteiger partial charge in [0.1, 0.15) is 18.0 Å². The number of ether oxygens (including phenoxy) is 5. The number of aliphatic hydroxyl groups is 2. The van der Waals surface area contributed by atoms with Gasteiger partial charge in [-0.2, -0.15) is 0 Å². The molecule has 29 heavy (non-hydrogen) atoms. The minimum absolute atomic E-state index is 0.108. The second-order valence-corrected chi connectivity index (χ2v) is 7.32. The molecule has 0 atom stereocenters. The van der Waals surface area contributed by atoms with Crippen LogP contribution < -0.4 is 4.74 Å². The standard InChI is InChI=1S/C21H34O8/c1-21(2,3)29-20(24)4-5-25-6-7-26-8-9-27-10-11-28-19-13-17(15-22)12-18(14-19)16-23/h12-14,22-23H,4-11,15-16H2,1-3H3. The molecule has 8 nitrogen and oxygen atoms in total. The van der Waals surface area contributed by atoms with Gasteiger partial charge in [0.2, 0.25) is 0 Å². The van der Waals surface area contributed by atoms with Crippen LogP contribution in [0.5, 0.6) is 5.75 Å². The van der Waals surface area contributed by atoms with E-state index in [9.17, 15) is 15.0 Å². The van der Waals surface area contributed by atoms with E-state index in [-0.39, 0.29) is 25.6 Å². The van der Waals surface area contributed by atoms with Crippen LogP contribution in [0, 0.1) is 0 Å². The molecule has 0 saturated carbocycles. The van der Waals surface area contributed by atoms with Gasteiger partial charge in [0.05, 0.1) is 59.3 Å². The van der Waals surface area contributed by atoms with Gasteiger partial charge in [-0.15, -0.1) is 0 Å². The molecule has 1 rings (SSSR count). The predicted molar refractivity (Wildman–Crippen MR) is 107 cm³/mol. The first-order chi connectivity index (χ1) is 13.8. The van der Waals surface area contributed by atoms with Crippen LogP contribution in [0.15, 0.2) is 18.2 Å². The summed E-state index contributed by atoms with van der Waals surface area (Å²) in [5, 5.41) is 18.4. The molecule has 0 aliphatic carbocycles. The monoisotopic (exact) mass is 414 g/mol. The van der Waals surface area contributed by atoms with Gasteiger partial charge in [-0.25, -0.2) is 0 Å². The fraction of sp³-hybridized carbons (Fsp3) is 0.667. The molecule has 8 heteroatoms. The highest BCUT2D eigenvalue weighted by Crippen LogP contribution is 2.17. The molecule has 2 N–H and O–H groups in total. The van der Waals surface area contributed by atoms with Gasteiger partial charge >= 0.3 is 5.97 Å². The van der Waals surface area contributed by atoms with Gasteiger partial charge in [0.25, 0.3) is 0 Å². The molecule has 0 unspecified atom stereocenters. The Hall–Kier alpha value is -1.71. The molecule has 0 spiro atoms. The number of esters is 1. The molecule has 0 aliphatic heterocycles. The number of carbonyl (C=O) groups excluding carboxylic acids is 1. The van der Waals surface area contributed by atoms with Crippen LogP contribution in [0.1, 0.15) is 38.3 Å². The van der Waals surface area contributed by atoms with Crippen LogP contribution in [-0.2, 0) is 37.0 Å². The van der Waals surface area contributed by atoms with Gasteiger partial charge in [-0.05, 0) is 44.0 Å². The first-order valence-electron chi connectivity index (χ1n) is 9.76. The summed E-state index contributed by atoms with van der Waals surface area (Å²) in [5.41, 5.74) is 0.903. The van der Waals surface area contributed by atoms with E-state index in [0.717, 1.165) is 0 Å². The normalized spacial score (nSPS) is 11.5. The molecule has 0 heterocycles. The van der Waals surface area contributed by atoms with E-state index in [4.69, 9.17) is 23.7 Å². The van der Waals surface area contributed by atoms with Crippen molar-refractivity contribution in [2.75, 3.05) is 46.2 Å². The summed E-state index contributed by atoms with van der Waals surface area (Å²) in [6, 6.07) is 5.18. The number of rotatable bonds is 15. The molecule has 1 aromatic rings. The van der Waals surface area contributed by atoms with Gasteiger partial charge in [0.15, 0.2) is 0 Å². The van der Waals surface area contributed by atoms with Gasteiger partial charge in [-0.1, -0.05) is 6.07 Å². The summed E-state index contributed by atoms with van der Waals surface area (Å²) in [4.78, 5) is 11.5. The quantitative estimate of drug-likeness (QED) is 0.331. The van der Waals surface area contributed by atoms with Crippen molar-refractivity contribution in [3.05, 3.63) is 29.3 Å². The maximum atomic E-state index is 11.5. The van der Waals surface area contributed by atoms with Crippen molar-refractivity contribution in [2.45, 2.75) is 46.0 Å². The van der Waals surface area contributed by atoms with Crippen LogP contribution in [-0.4, -0.2) is 68.0 Å². The molecule has 0 fully saturated rings. The van der Waals surface area contributed by atoms with Crippen molar-refractivity contribution < 1.29 is 38.7 Å². The second kappa shape index (κ2) is 14.3. The topological polar surface area (TPSA) is 104 Å². The molecule has 0 aromatic heterocycles. The maximum Gasteiger partial charge on any atom is 0.308 e. The highest BCUT2D eigenvalue weighted by Gasteiger charge is 2.15. The van der Waals surface area contributed by atoms with E-state index in [1.54, 1.807) is 18.2 Å². The van der Waals surface area contributed by atoms with Crippen molar-refractivity contribution >= 4 is 5.97 Å². The Kier molecular flexibility index (Phi) is 12.5. The second-order valence-electron chi connectivity index (χ2n) is 7.32. The third kappa shape index (κ3) is 13.2. The number of aliphatic hydroxyl groups excluding tert-OH is 2. The smallest absolute Gasteiger partial charge is 0.308 e. The highest BCUT2D eigenvalue weighted by molar-refractivity contribution is 5.69. The molecule has 0 aliphatic rings. The van der Waals surface area contributed by atoms with Crippen LogP contribution in [0.2, 0.25) is 0 Å². The summed E-state index contributed by atoms with van der Waals surface area (Å²) >= 11 is 0. The zero-order valence-electron chi connectivity index (χ0n) is 17.6. The zero-order valence-corrected chi connectivity index (χ0v) is 17.6. The first kappa shape index (κ1) is 25.3. The van der Waals surface area contributed by atoms with Gasteiger partial charge < -0.3 is 33.9 Å². The highest BCUT2D eigenvalue weighted by atomic mass is 16.6. The summed E-state index contributed by atoms with van der Waals surface area (Å²) in [6.45, 7) is 8.02. The van der Waals surface area contributed by atoms with E-state index in [0.29, 0.717) is 63.1 Å². The third-order valence-electron chi connectivity index (χ3n) is 3.50. The van der Waals surface area contributed by atoms with E-state index < -0.39 is 5.60 Å². The Morgan fingerprint density at radius 2 is 1.28 bits per heavy atom. The Balaban J connectivity index is 1.96. The number of hydrogen-bond donors (Lipinski definition) is 2. The molecule has 0 saturated heterocycles. The van der Waals surface area contributed by atoms with E-state index >= 15 is 0 Å². The Morgan fingerprint density at radius 1 is 0.793 bits per heavy atom. The van der Waals surface area contributed by atoms with Crippen molar-refractivity contribution in [1.82, 2.24) is 0 Å². The van der Waals surface area contributed by atoms with Crippen molar-refractivity contribution in [2.24, 2.45) is 0 Å². The predicted octanol–water partition coefficient (Wildman–Crippen LogP) is 1.83. The van der Waals surface area contributed by atoms with Crippen molar-refractivity contribution in [3.63, 3.8) is 0 Å². The van der Waals surface area contributed by atoms with Gasteiger partial charge in [-0.3, -0.25) is 4.79 Å². The van der Waals surface area contributed by atoms with Crippen LogP contribution in [0.4, 0.5) is 0 Å². The molecular weight excluding hydrogens is 380 g/mol. The number of benzene rings is 1. The summed E-state index contributed by atoms with van der Waals surface area (Å²) < 4.78 is 26.9. The van der Waals surface area contributed by atoms with Crippen LogP contribution in [0.3, 0.4) is 0 Å². The lowest BCUT2D eigenvalue weighted by Gasteiger charge is -2.19. The zero-order chi connectivity index (χ0) is 21.5. The minimum Gasteiger partial charge on any atom is -0.491 e. The van der Waals surface area contributed by atoms with Crippen molar-refractivity contribution in [3.8, 4) is 5.75 Å². The van der Waals surface area contributed by atoms with Gasteiger partial charge in [0, 0.05) is 0 Å². The number of hydrogen-bond acceptors (Lipinski definition) is 8. The Labute approximate surface area is 172 Å². The largest absolute Gasteiger partial charge is 0.491 e. The van der Waals surface area contributed by atoms with Crippen molar-refractivity contribution in [1.29, 1.82) is 0 Å². The molecule has 1 aromatic carbocycles. The molecule has 0 bridgehead atoms. The summed E-state index contributed by atoms with van der Waals surface area (Å²) in [7, 11) is 0. The van der Waals surface area contributed by atoms with E-state index in [1.165, 1.54) is 0 Å². The SMILES string of the molecule is CC(C)(C)OC(=O)CCOCCOCCOCCOc1cc(CO)cc(CO)c1. The van der Waals surface area contributed by atoms with E-state index in [1.807, 2.05) is 20.8 Å². The molecule has 0 radical (unpaired) electrons. The lowest BCUT2D eigenvalue weighted by atomic mass is 10.1. The van der Waals surface area contributed by atoms with Crippen LogP contribution >= 0.6 is 0 Å². The average Bonchev–Trinajstić information content (AvgIpc) is 2.67. The average molecular weight is 414 g/mol. The first-order valence-corrected chi connectivity index (χ1v) is 9.76. The summed E-state index contributed by atoms with van der Waals surface area (Å²) in [5.74, 6) is 0.314. The fourth-order valence-electron chi connectivity index (χ4n) is 2.30. The van der Waals surface area contributed by atoms with E-state index in [2.05, 4.69) is 0 Å². The van der Waals surface area contributed by atoms with Crippen LogP contribution in [0.25, 0.3) is 0 Å².